The highest BCUT2D eigenvalue weighted by atomic mass is 16.8. The van der Waals surface area contributed by atoms with E-state index in [1.165, 1.54) is 7.05 Å². The van der Waals surface area contributed by atoms with Crippen LogP contribution >= 0.6 is 0 Å². The number of aliphatic hydroxyl groups is 1. The van der Waals surface area contributed by atoms with Gasteiger partial charge in [0.15, 0.2) is 6.04 Å². The van der Waals surface area contributed by atoms with E-state index < -0.39 is 24.8 Å². The zero-order chi connectivity index (χ0) is 14.3. The first-order valence-electron chi connectivity index (χ1n) is 5.49. The lowest BCUT2D eigenvalue weighted by molar-refractivity contribution is -0.174. The van der Waals surface area contributed by atoms with Gasteiger partial charge in [0.2, 0.25) is 0 Å². The summed E-state index contributed by atoms with van der Waals surface area (Å²) < 4.78 is 4.80. The first-order chi connectivity index (χ1) is 9.04. The predicted molar refractivity (Wildman–Crippen MR) is 64.0 cm³/mol. The van der Waals surface area contributed by atoms with Gasteiger partial charge in [-0.05, 0) is 5.56 Å². The van der Waals surface area contributed by atoms with Crippen LogP contribution in [0.2, 0.25) is 0 Å². The highest BCUT2D eigenvalue weighted by molar-refractivity contribution is 5.73. The third kappa shape index (κ3) is 4.94. The molecular formula is C12H15NO6. The summed E-state index contributed by atoms with van der Waals surface area (Å²) in [5.74, 6) is -1.30. The number of hydroxylamine groups is 2. The lowest BCUT2D eigenvalue weighted by atomic mass is 10.2. The summed E-state index contributed by atoms with van der Waals surface area (Å²) in [5, 5.41) is 18.3. The van der Waals surface area contributed by atoms with Gasteiger partial charge in [-0.15, -0.1) is 5.06 Å². The molecule has 7 heteroatoms. The maximum absolute atomic E-state index is 11.3. The summed E-state index contributed by atoms with van der Waals surface area (Å²) in [6.45, 7) is -0.665. The van der Waals surface area contributed by atoms with Crippen molar-refractivity contribution in [2.75, 3.05) is 13.7 Å². The molecule has 2 N–H and O–H groups in total. The minimum Gasteiger partial charge on any atom is -0.480 e. The molecule has 0 saturated heterocycles. The minimum absolute atomic E-state index is 0.0182. The van der Waals surface area contributed by atoms with Crippen LogP contribution in [0.1, 0.15) is 5.56 Å². The van der Waals surface area contributed by atoms with Crippen molar-refractivity contribution in [1.82, 2.24) is 5.06 Å². The average Bonchev–Trinajstić information content (AvgIpc) is 2.38. The third-order valence-electron chi connectivity index (χ3n) is 2.31. The van der Waals surface area contributed by atoms with Crippen molar-refractivity contribution in [3.8, 4) is 0 Å². The number of carbonyl (C=O) groups is 2. The molecule has 0 fully saturated rings. The van der Waals surface area contributed by atoms with Crippen LogP contribution in [-0.2, 0) is 21.0 Å². The fraction of sp³-hybridized carbons (Fsp3) is 0.333. The Morgan fingerprint density at radius 2 is 1.95 bits per heavy atom. The molecule has 1 aromatic carbocycles. The number of carbonyl (C=O) groups excluding carboxylic acids is 1. The normalized spacial score (nSPS) is 11.9. The summed E-state index contributed by atoms with van der Waals surface area (Å²) in [6.07, 6.45) is -1.04. The molecule has 7 nitrogen and oxygen atoms in total. The van der Waals surface area contributed by atoms with Gasteiger partial charge in [-0.3, -0.25) is 4.79 Å². The lowest BCUT2D eigenvalue weighted by Crippen LogP contribution is -2.42. The summed E-state index contributed by atoms with van der Waals surface area (Å²) in [7, 11) is 1.22. The molecule has 104 valence electrons. The van der Waals surface area contributed by atoms with Gasteiger partial charge in [-0.25, -0.2) is 4.79 Å². The second-order valence-electron chi connectivity index (χ2n) is 3.70. The van der Waals surface area contributed by atoms with E-state index in [4.69, 9.17) is 14.9 Å². The Kier molecular flexibility index (Phi) is 5.77. The van der Waals surface area contributed by atoms with Crippen LogP contribution < -0.4 is 0 Å². The fourth-order valence-corrected chi connectivity index (χ4v) is 1.27. The number of likely N-dealkylation sites (N-methyl/N-ethyl adjacent to an activating group) is 1. The van der Waals surface area contributed by atoms with Gasteiger partial charge in [-0.1, -0.05) is 30.3 Å². The number of hydrogen-bond acceptors (Lipinski definition) is 6. The number of hydrogen-bond donors (Lipinski definition) is 2. The molecule has 0 heterocycles. The molecule has 19 heavy (non-hydrogen) atoms. The molecule has 0 aliphatic rings. The van der Waals surface area contributed by atoms with Crippen molar-refractivity contribution in [2.45, 2.75) is 12.6 Å². The molecule has 0 bridgehead atoms. The first kappa shape index (κ1) is 14.9. The molecule has 0 spiro atoms. The number of ether oxygens (including phenoxy) is 1. The number of carboxylic acid groups (broad SMARTS) is 1. The molecule has 0 aliphatic carbocycles. The number of nitrogens with zero attached hydrogens (tertiary/aromatic N) is 1. The maximum atomic E-state index is 11.3. The Labute approximate surface area is 109 Å². The summed E-state index contributed by atoms with van der Waals surface area (Å²) in [6, 6.07) is 7.62. The fourth-order valence-electron chi connectivity index (χ4n) is 1.27. The second kappa shape index (κ2) is 7.34. The Morgan fingerprint density at radius 3 is 2.47 bits per heavy atom. The minimum atomic E-state index is -1.33. The van der Waals surface area contributed by atoms with Crippen LogP contribution in [0, 0.1) is 0 Å². The number of carboxylic acids is 1. The largest absolute Gasteiger partial charge is 0.528 e. The van der Waals surface area contributed by atoms with Crippen LogP contribution in [0.5, 0.6) is 0 Å². The number of rotatable bonds is 6. The van der Waals surface area contributed by atoms with E-state index in [0.717, 1.165) is 10.6 Å². The van der Waals surface area contributed by atoms with E-state index in [9.17, 15) is 9.59 Å². The van der Waals surface area contributed by atoms with Crippen molar-refractivity contribution in [3.63, 3.8) is 0 Å². The van der Waals surface area contributed by atoms with Crippen molar-refractivity contribution in [2.24, 2.45) is 0 Å². The highest BCUT2D eigenvalue weighted by Gasteiger charge is 2.25. The van der Waals surface area contributed by atoms with Crippen LogP contribution in [-0.4, -0.2) is 47.1 Å². The van der Waals surface area contributed by atoms with Crippen molar-refractivity contribution < 1.29 is 29.4 Å². The summed E-state index contributed by atoms with van der Waals surface area (Å²) in [4.78, 5) is 26.6. The molecule has 0 saturated carbocycles. The average molecular weight is 269 g/mol. The van der Waals surface area contributed by atoms with Crippen LogP contribution in [0.25, 0.3) is 0 Å². The molecule has 0 aliphatic heterocycles. The van der Waals surface area contributed by atoms with Crippen molar-refractivity contribution in [1.29, 1.82) is 0 Å². The van der Waals surface area contributed by atoms with Crippen molar-refractivity contribution >= 4 is 12.1 Å². The Balaban J connectivity index is 2.40. The predicted octanol–water partition coefficient (Wildman–Crippen LogP) is 0.632. The number of aliphatic hydroxyl groups excluding tert-OH is 1. The molecule has 0 radical (unpaired) electrons. The SMILES string of the molecule is CN(OC(=O)OCc1ccccc1)[C@H](CO)C(=O)O. The van der Waals surface area contributed by atoms with E-state index in [1.54, 1.807) is 24.3 Å². The van der Waals surface area contributed by atoms with Gasteiger partial charge in [-0.2, -0.15) is 0 Å². The van der Waals surface area contributed by atoms with Crippen LogP contribution in [0.4, 0.5) is 4.79 Å². The third-order valence-corrected chi connectivity index (χ3v) is 2.31. The summed E-state index contributed by atoms with van der Waals surface area (Å²) >= 11 is 0. The molecular weight excluding hydrogens is 254 g/mol. The Bertz CT molecular complexity index is 421. The van der Waals surface area contributed by atoms with Crippen LogP contribution in [0.15, 0.2) is 30.3 Å². The molecule has 0 aromatic heterocycles. The van der Waals surface area contributed by atoms with Gasteiger partial charge < -0.3 is 19.8 Å². The Morgan fingerprint density at radius 1 is 1.32 bits per heavy atom. The van der Waals surface area contributed by atoms with Crippen molar-refractivity contribution in [3.05, 3.63) is 35.9 Å². The molecule has 1 atom stereocenters. The van der Waals surface area contributed by atoms with Gasteiger partial charge >= 0.3 is 12.1 Å². The van der Waals surface area contributed by atoms with E-state index in [0.29, 0.717) is 0 Å². The van der Waals surface area contributed by atoms with E-state index in [-0.39, 0.29) is 6.61 Å². The quantitative estimate of drug-likeness (QED) is 0.577. The smallest absolute Gasteiger partial charge is 0.480 e. The monoisotopic (exact) mass is 269 g/mol. The molecule has 1 rings (SSSR count). The van der Waals surface area contributed by atoms with Gasteiger partial charge in [0, 0.05) is 7.05 Å². The topological polar surface area (TPSA) is 96.3 Å². The van der Waals surface area contributed by atoms with Gasteiger partial charge in [0.1, 0.15) is 6.61 Å². The van der Waals surface area contributed by atoms with E-state index in [1.807, 2.05) is 6.07 Å². The Hall–Kier alpha value is -2.12. The summed E-state index contributed by atoms with van der Waals surface area (Å²) in [5.41, 5.74) is 0.777. The number of benzene rings is 1. The molecule has 0 amide bonds. The standard InChI is InChI=1S/C12H15NO6/c1-13(10(7-14)11(15)16)19-12(17)18-8-9-5-3-2-4-6-9/h2-6,10,14H,7-8H2,1H3,(H,15,16)/t10-/m1/s1. The second-order valence-corrected chi connectivity index (χ2v) is 3.70. The molecule has 0 unspecified atom stereocenters. The zero-order valence-electron chi connectivity index (χ0n) is 10.4. The highest BCUT2D eigenvalue weighted by Crippen LogP contribution is 2.04. The van der Waals surface area contributed by atoms with E-state index >= 15 is 0 Å². The van der Waals surface area contributed by atoms with E-state index in [2.05, 4.69) is 4.84 Å². The maximum Gasteiger partial charge on any atom is 0.528 e. The number of aliphatic carboxylic acids is 1. The molecule has 1 aromatic rings. The first-order valence-corrected chi connectivity index (χ1v) is 5.49. The van der Waals surface area contributed by atoms with Gasteiger partial charge in [0.05, 0.1) is 6.61 Å². The lowest BCUT2D eigenvalue weighted by Gasteiger charge is -2.20. The van der Waals surface area contributed by atoms with Gasteiger partial charge in [0.25, 0.3) is 0 Å². The van der Waals surface area contributed by atoms with Crippen LogP contribution in [0.3, 0.4) is 0 Å². The zero-order valence-corrected chi connectivity index (χ0v) is 10.4.